The van der Waals surface area contributed by atoms with Gasteiger partial charge in [-0.05, 0) is 25.1 Å². The second kappa shape index (κ2) is 6.24. The van der Waals surface area contributed by atoms with Crippen LogP contribution in [0.1, 0.15) is 6.92 Å². The fourth-order valence-corrected chi connectivity index (χ4v) is 1.72. The van der Waals surface area contributed by atoms with E-state index >= 15 is 0 Å². The molecule has 7 heteroatoms. The minimum atomic E-state index is -1.09. The van der Waals surface area contributed by atoms with Crippen LogP contribution in [0.3, 0.4) is 0 Å². The summed E-state index contributed by atoms with van der Waals surface area (Å²) in [7, 11) is 0. The number of amides is 2. The van der Waals surface area contributed by atoms with Crippen molar-refractivity contribution in [2.75, 3.05) is 18.5 Å². The van der Waals surface area contributed by atoms with Crippen molar-refractivity contribution >= 4 is 34.9 Å². The average molecular weight is 293 g/mol. The molecule has 4 N–H and O–H groups in total. The first-order valence-corrected chi connectivity index (χ1v) is 5.91. The summed E-state index contributed by atoms with van der Waals surface area (Å²) in [5.41, 5.74) is -0.671. The third kappa shape index (κ3) is 4.34. The first kappa shape index (κ1) is 15.0. The SMILES string of the molecule is CC(CO)(CO)NC(=O)Nc1cc(Cl)cc(Cl)c1. The highest BCUT2D eigenvalue weighted by Crippen LogP contribution is 2.22. The van der Waals surface area contributed by atoms with Gasteiger partial charge in [-0.2, -0.15) is 0 Å². The highest BCUT2D eigenvalue weighted by molar-refractivity contribution is 6.35. The van der Waals surface area contributed by atoms with Gasteiger partial charge in [-0.3, -0.25) is 0 Å². The number of aliphatic hydroxyl groups excluding tert-OH is 2. The van der Waals surface area contributed by atoms with Crippen molar-refractivity contribution in [1.82, 2.24) is 5.32 Å². The quantitative estimate of drug-likeness (QED) is 0.684. The molecule has 0 atom stereocenters. The van der Waals surface area contributed by atoms with Crippen LogP contribution in [-0.4, -0.2) is 35.0 Å². The lowest BCUT2D eigenvalue weighted by Crippen LogP contribution is -2.53. The Morgan fingerprint density at radius 1 is 1.22 bits per heavy atom. The Hall–Kier alpha value is -1.01. The Kier molecular flexibility index (Phi) is 5.22. The number of benzene rings is 1. The minimum Gasteiger partial charge on any atom is -0.394 e. The summed E-state index contributed by atoms with van der Waals surface area (Å²) in [5.74, 6) is 0. The third-order valence-electron chi connectivity index (χ3n) is 2.23. The van der Waals surface area contributed by atoms with E-state index in [0.29, 0.717) is 15.7 Å². The molecule has 1 aromatic rings. The number of rotatable bonds is 4. The summed E-state index contributed by atoms with van der Waals surface area (Å²) in [6.45, 7) is 0.748. The summed E-state index contributed by atoms with van der Waals surface area (Å²) in [5, 5.41) is 23.8. The van der Waals surface area contributed by atoms with Crippen LogP contribution in [0.5, 0.6) is 0 Å². The highest BCUT2D eigenvalue weighted by atomic mass is 35.5. The summed E-state index contributed by atoms with van der Waals surface area (Å²) in [6, 6.07) is 4.03. The molecule has 18 heavy (non-hydrogen) atoms. The molecule has 5 nitrogen and oxygen atoms in total. The molecule has 2 amide bonds. The molecule has 0 aromatic heterocycles. The molecular formula is C11H14Cl2N2O3. The molecular weight excluding hydrogens is 279 g/mol. The van der Waals surface area contributed by atoms with Crippen LogP contribution in [0, 0.1) is 0 Å². The van der Waals surface area contributed by atoms with Crippen molar-refractivity contribution in [3.63, 3.8) is 0 Å². The minimum absolute atomic E-state index is 0.382. The first-order valence-electron chi connectivity index (χ1n) is 5.15. The number of anilines is 1. The van der Waals surface area contributed by atoms with E-state index in [-0.39, 0.29) is 13.2 Å². The van der Waals surface area contributed by atoms with Crippen LogP contribution >= 0.6 is 23.2 Å². The number of hydrogen-bond acceptors (Lipinski definition) is 3. The molecule has 1 rings (SSSR count). The summed E-state index contributed by atoms with van der Waals surface area (Å²) < 4.78 is 0. The monoisotopic (exact) mass is 292 g/mol. The third-order valence-corrected chi connectivity index (χ3v) is 2.67. The smallest absolute Gasteiger partial charge is 0.319 e. The van der Waals surface area contributed by atoms with Gasteiger partial charge in [0.1, 0.15) is 0 Å². The molecule has 0 unspecified atom stereocenters. The van der Waals surface area contributed by atoms with Gasteiger partial charge in [-0.1, -0.05) is 23.2 Å². The molecule has 0 aliphatic carbocycles. The topological polar surface area (TPSA) is 81.6 Å². The maximum absolute atomic E-state index is 11.6. The van der Waals surface area contributed by atoms with Crippen molar-refractivity contribution in [3.8, 4) is 0 Å². The predicted molar refractivity (Wildman–Crippen MR) is 71.2 cm³/mol. The number of carbonyl (C=O) groups excluding carboxylic acids is 1. The van der Waals surface area contributed by atoms with Gasteiger partial charge in [0.15, 0.2) is 0 Å². The van der Waals surface area contributed by atoms with Crippen molar-refractivity contribution in [3.05, 3.63) is 28.2 Å². The van der Waals surface area contributed by atoms with E-state index in [1.165, 1.54) is 25.1 Å². The molecule has 100 valence electrons. The van der Waals surface area contributed by atoms with Crippen LogP contribution < -0.4 is 10.6 Å². The van der Waals surface area contributed by atoms with Crippen LogP contribution in [0.2, 0.25) is 10.0 Å². The van der Waals surface area contributed by atoms with Gasteiger partial charge >= 0.3 is 6.03 Å². The zero-order chi connectivity index (χ0) is 13.8. The fraction of sp³-hybridized carbons (Fsp3) is 0.364. The zero-order valence-electron chi connectivity index (χ0n) is 9.70. The fourth-order valence-electron chi connectivity index (χ4n) is 1.19. The van der Waals surface area contributed by atoms with Crippen molar-refractivity contribution < 1.29 is 15.0 Å². The first-order chi connectivity index (χ1) is 8.38. The molecule has 0 bridgehead atoms. The largest absolute Gasteiger partial charge is 0.394 e. The number of halogens is 2. The van der Waals surface area contributed by atoms with Crippen LogP contribution in [-0.2, 0) is 0 Å². The van der Waals surface area contributed by atoms with Gasteiger partial charge in [0.2, 0.25) is 0 Å². The maximum atomic E-state index is 11.6. The van der Waals surface area contributed by atoms with Crippen molar-refractivity contribution in [2.24, 2.45) is 0 Å². The molecule has 0 spiro atoms. The van der Waals surface area contributed by atoms with Gasteiger partial charge in [0.05, 0.1) is 18.8 Å². The lowest BCUT2D eigenvalue weighted by Gasteiger charge is -2.26. The van der Waals surface area contributed by atoms with Gasteiger partial charge in [0.25, 0.3) is 0 Å². The lowest BCUT2D eigenvalue weighted by atomic mass is 10.1. The average Bonchev–Trinajstić information content (AvgIpc) is 2.27. The second-order valence-electron chi connectivity index (χ2n) is 4.11. The second-order valence-corrected chi connectivity index (χ2v) is 4.99. The van der Waals surface area contributed by atoms with E-state index < -0.39 is 11.6 Å². The van der Waals surface area contributed by atoms with Gasteiger partial charge in [-0.15, -0.1) is 0 Å². The van der Waals surface area contributed by atoms with Crippen molar-refractivity contribution in [1.29, 1.82) is 0 Å². The lowest BCUT2D eigenvalue weighted by molar-refractivity contribution is 0.111. The Labute approximate surface area is 115 Å². The zero-order valence-corrected chi connectivity index (χ0v) is 11.2. The Morgan fingerprint density at radius 2 is 1.72 bits per heavy atom. The molecule has 1 aromatic carbocycles. The Balaban J connectivity index is 2.70. The van der Waals surface area contributed by atoms with E-state index in [0.717, 1.165) is 0 Å². The molecule has 0 heterocycles. The standard InChI is InChI=1S/C11H14Cl2N2O3/c1-11(5-16,6-17)15-10(18)14-9-3-7(12)2-8(13)4-9/h2-4,16-17H,5-6H2,1H3,(H2,14,15,18). The molecule has 0 fully saturated rings. The number of aliphatic hydroxyl groups is 2. The van der Waals surface area contributed by atoms with Crippen LogP contribution in [0.4, 0.5) is 10.5 Å². The van der Waals surface area contributed by atoms with Gasteiger partial charge in [-0.25, -0.2) is 4.79 Å². The van der Waals surface area contributed by atoms with E-state index in [1.807, 2.05) is 0 Å². The normalized spacial score (nSPS) is 11.2. The molecule has 0 aliphatic heterocycles. The number of urea groups is 1. The van der Waals surface area contributed by atoms with E-state index in [9.17, 15) is 4.79 Å². The summed E-state index contributed by atoms with van der Waals surface area (Å²) in [6.07, 6.45) is 0. The summed E-state index contributed by atoms with van der Waals surface area (Å²) in [4.78, 5) is 11.6. The van der Waals surface area contributed by atoms with Crippen LogP contribution in [0.25, 0.3) is 0 Å². The molecule has 0 saturated heterocycles. The number of hydrogen-bond donors (Lipinski definition) is 4. The number of nitrogens with one attached hydrogen (secondary N) is 2. The van der Waals surface area contributed by atoms with Crippen molar-refractivity contribution in [2.45, 2.75) is 12.5 Å². The van der Waals surface area contributed by atoms with Gasteiger partial charge < -0.3 is 20.8 Å². The molecule has 0 radical (unpaired) electrons. The Bertz CT molecular complexity index is 416. The predicted octanol–water partition coefficient (Wildman–Crippen LogP) is 1.86. The van der Waals surface area contributed by atoms with Gasteiger partial charge in [0, 0.05) is 15.7 Å². The Morgan fingerprint density at radius 3 is 2.17 bits per heavy atom. The van der Waals surface area contributed by atoms with Crippen LogP contribution in [0.15, 0.2) is 18.2 Å². The molecule has 0 aliphatic rings. The molecule has 0 saturated carbocycles. The van der Waals surface area contributed by atoms with E-state index in [4.69, 9.17) is 33.4 Å². The number of carbonyl (C=O) groups is 1. The van der Waals surface area contributed by atoms with E-state index in [2.05, 4.69) is 10.6 Å². The summed E-state index contributed by atoms with van der Waals surface area (Å²) >= 11 is 11.6. The maximum Gasteiger partial charge on any atom is 0.319 e. The van der Waals surface area contributed by atoms with E-state index in [1.54, 1.807) is 0 Å². The highest BCUT2D eigenvalue weighted by Gasteiger charge is 2.24.